The van der Waals surface area contributed by atoms with Gasteiger partial charge in [0.15, 0.2) is 5.82 Å². The van der Waals surface area contributed by atoms with Gasteiger partial charge in [-0.05, 0) is 49.7 Å². The third-order valence-electron chi connectivity index (χ3n) is 4.34. The lowest BCUT2D eigenvalue weighted by Crippen LogP contribution is -2.23. The molecule has 2 amide bonds. The molecular formula is C21H22ClN5O2. The van der Waals surface area contributed by atoms with Crippen molar-refractivity contribution in [3.63, 3.8) is 0 Å². The van der Waals surface area contributed by atoms with Crippen molar-refractivity contribution in [2.45, 2.75) is 20.3 Å². The molecule has 0 aliphatic carbocycles. The monoisotopic (exact) mass is 411 g/mol. The summed E-state index contributed by atoms with van der Waals surface area (Å²) in [7, 11) is 3.43. The zero-order valence-corrected chi connectivity index (χ0v) is 17.5. The Kier molecular flexibility index (Phi) is 5.98. The maximum atomic E-state index is 12.7. The molecular weight excluding hydrogens is 390 g/mol. The largest absolute Gasteiger partial charge is 0.349 e. The van der Waals surface area contributed by atoms with Gasteiger partial charge in [-0.25, -0.2) is 9.67 Å². The van der Waals surface area contributed by atoms with E-state index in [1.165, 1.54) is 0 Å². The number of rotatable bonds is 5. The molecule has 0 saturated carbocycles. The van der Waals surface area contributed by atoms with E-state index in [4.69, 9.17) is 11.6 Å². The highest BCUT2D eigenvalue weighted by molar-refractivity contribution is 6.34. The van der Waals surface area contributed by atoms with E-state index in [1.807, 2.05) is 19.9 Å². The fraction of sp³-hybridized carbons (Fsp3) is 0.238. The number of amides is 2. The minimum Gasteiger partial charge on any atom is -0.349 e. The van der Waals surface area contributed by atoms with E-state index in [0.717, 1.165) is 17.0 Å². The number of aryl methyl sites for hydroxylation is 2. The third-order valence-corrected chi connectivity index (χ3v) is 4.64. The molecule has 0 aliphatic rings. The van der Waals surface area contributed by atoms with Crippen LogP contribution in [-0.2, 0) is 11.2 Å². The van der Waals surface area contributed by atoms with Crippen molar-refractivity contribution in [2.75, 3.05) is 19.4 Å². The standard InChI is InChI=1S/C21H22ClN5O2/c1-13-11-14(2)27(25-13)18-10-9-17(22)20(24-18)21(29)23-16-7-5-15(6-8-16)12-19(28)26(3)4/h5-11H,12H2,1-4H3,(H,23,29). The smallest absolute Gasteiger partial charge is 0.275 e. The first-order valence-electron chi connectivity index (χ1n) is 9.05. The highest BCUT2D eigenvalue weighted by atomic mass is 35.5. The second-order valence-corrected chi connectivity index (χ2v) is 7.36. The van der Waals surface area contributed by atoms with Gasteiger partial charge in [0.05, 0.1) is 17.1 Å². The minimum atomic E-state index is -0.421. The van der Waals surface area contributed by atoms with E-state index in [0.29, 0.717) is 17.9 Å². The number of halogens is 1. The molecule has 8 heteroatoms. The second-order valence-electron chi connectivity index (χ2n) is 6.95. The number of aromatic nitrogens is 3. The Morgan fingerprint density at radius 2 is 1.79 bits per heavy atom. The Balaban J connectivity index is 1.78. The first-order valence-corrected chi connectivity index (χ1v) is 9.43. The van der Waals surface area contributed by atoms with Crippen LogP contribution in [0.4, 0.5) is 5.69 Å². The molecule has 2 heterocycles. The van der Waals surface area contributed by atoms with Crippen LogP contribution in [0.3, 0.4) is 0 Å². The molecule has 0 atom stereocenters. The number of benzene rings is 1. The van der Waals surface area contributed by atoms with Crippen LogP contribution >= 0.6 is 11.6 Å². The Morgan fingerprint density at radius 3 is 2.38 bits per heavy atom. The highest BCUT2D eigenvalue weighted by Gasteiger charge is 2.16. The molecule has 29 heavy (non-hydrogen) atoms. The molecule has 1 N–H and O–H groups in total. The summed E-state index contributed by atoms with van der Waals surface area (Å²) in [4.78, 5) is 30.4. The molecule has 0 radical (unpaired) electrons. The predicted molar refractivity (Wildman–Crippen MR) is 113 cm³/mol. The number of pyridine rings is 1. The topological polar surface area (TPSA) is 80.1 Å². The Bertz CT molecular complexity index is 1060. The summed E-state index contributed by atoms with van der Waals surface area (Å²) in [6.45, 7) is 3.81. The number of hydrogen-bond donors (Lipinski definition) is 1. The van der Waals surface area contributed by atoms with Crippen LogP contribution in [0.15, 0.2) is 42.5 Å². The molecule has 0 bridgehead atoms. The number of nitrogens with one attached hydrogen (secondary N) is 1. The zero-order chi connectivity index (χ0) is 21.1. The number of carbonyl (C=O) groups is 2. The van der Waals surface area contributed by atoms with Crippen molar-refractivity contribution in [3.8, 4) is 5.82 Å². The van der Waals surface area contributed by atoms with E-state index >= 15 is 0 Å². The number of anilines is 1. The molecule has 3 aromatic rings. The van der Waals surface area contributed by atoms with Crippen LogP contribution in [-0.4, -0.2) is 45.6 Å². The minimum absolute atomic E-state index is 0.0127. The summed E-state index contributed by atoms with van der Waals surface area (Å²) in [6.07, 6.45) is 0.305. The number of hydrogen-bond acceptors (Lipinski definition) is 4. The van der Waals surface area contributed by atoms with Crippen LogP contribution in [0, 0.1) is 13.8 Å². The molecule has 0 fully saturated rings. The van der Waals surface area contributed by atoms with E-state index in [2.05, 4.69) is 15.4 Å². The lowest BCUT2D eigenvalue weighted by Gasteiger charge is -2.11. The van der Waals surface area contributed by atoms with Crippen LogP contribution in [0.1, 0.15) is 27.4 Å². The van der Waals surface area contributed by atoms with Gasteiger partial charge in [0.25, 0.3) is 5.91 Å². The van der Waals surface area contributed by atoms with Crippen molar-refractivity contribution < 1.29 is 9.59 Å². The Morgan fingerprint density at radius 1 is 1.10 bits per heavy atom. The fourth-order valence-corrected chi connectivity index (χ4v) is 2.99. The quantitative estimate of drug-likeness (QED) is 0.697. The van der Waals surface area contributed by atoms with Crippen molar-refractivity contribution in [1.29, 1.82) is 0 Å². The SMILES string of the molecule is Cc1cc(C)n(-c2ccc(Cl)c(C(=O)Nc3ccc(CC(=O)N(C)C)cc3)n2)n1. The Labute approximate surface area is 174 Å². The summed E-state index contributed by atoms with van der Waals surface area (Å²) in [6, 6.07) is 12.4. The van der Waals surface area contributed by atoms with Crippen molar-refractivity contribution in [1.82, 2.24) is 19.7 Å². The van der Waals surface area contributed by atoms with Gasteiger partial charge >= 0.3 is 0 Å². The van der Waals surface area contributed by atoms with Gasteiger partial charge in [0, 0.05) is 25.5 Å². The number of nitrogens with zero attached hydrogens (tertiary/aromatic N) is 4. The molecule has 0 aliphatic heterocycles. The molecule has 0 spiro atoms. The molecule has 0 unspecified atom stereocenters. The summed E-state index contributed by atoms with van der Waals surface area (Å²) < 4.78 is 1.67. The van der Waals surface area contributed by atoms with Gasteiger partial charge in [0.1, 0.15) is 5.69 Å². The zero-order valence-electron chi connectivity index (χ0n) is 16.7. The lowest BCUT2D eigenvalue weighted by atomic mass is 10.1. The average molecular weight is 412 g/mol. The third kappa shape index (κ3) is 4.81. The first-order chi connectivity index (χ1) is 13.7. The van der Waals surface area contributed by atoms with Gasteiger partial charge in [-0.2, -0.15) is 5.10 Å². The van der Waals surface area contributed by atoms with E-state index < -0.39 is 5.91 Å². The summed E-state index contributed by atoms with van der Waals surface area (Å²) in [5, 5.41) is 7.43. The van der Waals surface area contributed by atoms with Crippen LogP contribution in [0.5, 0.6) is 0 Å². The molecule has 2 aromatic heterocycles. The van der Waals surface area contributed by atoms with Crippen LogP contribution in [0.25, 0.3) is 5.82 Å². The summed E-state index contributed by atoms with van der Waals surface area (Å²) in [5.41, 5.74) is 3.34. The summed E-state index contributed by atoms with van der Waals surface area (Å²) >= 11 is 6.21. The second kappa shape index (κ2) is 8.45. The normalized spacial score (nSPS) is 10.7. The maximum absolute atomic E-state index is 12.7. The lowest BCUT2D eigenvalue weighted by molar-refractivity contribution is -0.127. The van der Waals surface area contributed by atoms with Gasteiger partial charge in [-0.15, -0.1) is 0 Å². The average Bonchev–Trinajstić information content (AvgIpc) is 3.01. The molecule has 150 valence electrons. The van der Waals surface area contributed by atoms with Crippen LogP contribution < -0.4 is 5.32 Å². The van der Waals surface area contributed by atoms with Gasteiger partial charge in [0.2, 0.25) is 5.91 Å². The number of carbonyl (C=O) groups excluding carboxylic acids is 2. The van der Waals surface area contributed by atoms with Gasteiger partial charge in [-0.1, -0.05) is 23.7 Å². The van der Waals surface area contributed by atoms with Gasteiger partial charge in [-0.3, -0.25) is 9.59 Å². The van der Waals surface area contributed by atoms with E-state index in [9.17, 15) is 9.59 Å². The molecule has 1 aromatic carbocycles. The van der Waals surface area contributed by atoms with Gasteiger partial charge < -0.3 is 10.2 Å². The van der Waals surface area contributed by atoms with E-state index in [1.54, 1.807) is 60.1 Å². The van der Waals surface area contributed by atoms with Crippen molar-refractivity contribution >= 4 is 29.1 Å². The fourth-order valence-electron chi connectivity index (χ4n) is 2.80. The molecule has 0 saturated heterocycles. The molecule has 7 nitrogen and oxygen atoms in total. The van der Waals surface area contributed by atoms with Crippen molar-refractivity contribution in [3.05, 3.63) is 70.1 Å². The highest BCUT2D eigenvalue weighted by Crippen LogP contribution is 2.19. The molecule has 3 rings (SSSR count). The van der Waals surface area contributed by atoms with Crippen molar-refractivity contribution in [2.24, 2.45) is 0 Å². The Hall–Kier alpha value is -3.19. The maximum Gasteiger partial charge on any atom is 0.275 e. The van der Waals surface area contributed by atoms with E-state index in [-0.39, 0.29) is 16.6 Å². The first kappa shape index (κ1) is 20.5. The predicted octanol–water partition coefficient (Wildman–Crippen LogP) is 3.42. The number of likely N-dealkylation sites (N-methyl/N-ethyl adjacent to an activating group) is 1. The summed E-state index contributed by atoms with van der Waals surface area (Å²) in [5.74, 6) is 0.108. The van der Waals surface area contributed by atoms with Crippen LogP contribution in [0.2, 0.25) is 5.02 Å².